The quantitative estimate of drug-likeness (QED) is 0.628. The summed E-state index contributed by atoms with van der Waals surface area (Å²) >= 11 is 1.17. The minimum absolute atomic E-state index is 0. The number of hydrogen-bond donors (Lipinski definition) is 3. The van der Waals surface area contributed by atoms with Gasteiger partial charge in [-0.25, -0.2) is 0 Å². The molecule has 26 heavy (non-hydrogen) atoms. The summed E-state index contributed by atoms with van der Waals surface area (Å²) in [4.78, 5) is 23.7. The number of hydrogen-bond acceptors (Lipinski definition) is 8. The maximum absolute atomic E-state index is 12.0. The Balaban J connectivity index is 0.00000243. The zero-order chi connectivity index (χ0) is 17.8. The minimum atomic E-state index is -0.277. The van der Waals surface area contributed by atoms with E-state index in [0.717, 1.165) is 0 Å². The Morgan fingerprint density at radius 3 is 2.46 bits per heavy atom. The summed E-state index contributed by atoms with van der Waals surface area (Å²) in [7, 11) is 0. The van der Waals surface area contributed by atoms with Crippen molar-refractivity contribution in [1.29, 1.82) is 0 Å². The van der Waals surface area contributed by atoms with Gasteiger partial charge in [-0.15, -0.1) is 24.2 Å². The highest BCUT2D eigenvalue weighted by Gasteiger charge is 2.17. The lowest BCUT2D eigenvalue weighted by Crippen LogP contribution is -2.19. The molecule has 1 aromatic carbocycles. The van der Waals surface area contributed by atoms with Crippen molar-refractivity contribution in [2.24, 2.45) is 0 Å². The number of fused-ring (bicyclic) bond motifs is 1. The number of halogens is 1. The van der Waals surface area contributed by atoms with Crippen LogP contribution in [-0.4, -0.2) is 35.3 Å². The Labute approximate surface area is 159 Å². The molecule has 0 atom stereocenters. The Morgan fingerprint density at radius 2 is 1.81 bits per heavy atom. The van der Waals surface area contributed by atoms with E-state index in [4.69, 9.17) is 19.7 Å². The van der Waals surface area contributed by atoms with E-state index in [1.54, 1.807) is 25.1 Å². The number of nitrogen functional groups attached to an aromatic ring is 1. The third-order valence-electron chi connectivity index (χ3n) is 3.18. The molecular weight excluding hydrogens is 384 g/mol. The van der Waals surface area contributed by atoms with Crippen molar-refractivity contribution in [3.63, 3.8) is 0 Å². The smallest absolute Gasteiger partial charge is 0.235 e. The lowest BCUT2D eigenvalue weighted by atomic mass is 10.2. The molecule has 0 fully saturated rings. The number of thioether (sulfide) groups is 1. The summed E-state index contributed by atoms with van der Waals surface area (Å²) in [5.41, 5.74) is 6.69. The van der Waals surface area contributed by atoms with Crippen LogP contribution in [0.1, 0.15) is 5.76 Å². The van der Waals surface area contributed by atoms with Crippen molar-refractivity contribution in [3.8, 4) is 11.5 Å². The van der Waals surface area contributed by atoms with Gasteiger partial charge in [-0.3, -0.25) is 9.59 Å². The van der Waals surface area contributed by atoms with Crippen LogP contribution in [0.15, 0.2) is 22.7 Å². The monoisotopic (exact) mass is 400 g/mol. The third kappa shape index (κ3) is 4.96. The van der Waals surface area contributed by atoms with Gasteiger partial charge in [-0.1, -0.05) is 5.16 Å². The van der Waals surface area contributed by atoms with Crippen LogP contribution >= 0.6 is 24.2 Å². The maximum atomic E-state index is 12.0. The van der Waals surface area contributed by atoms with E-state index in [0.29, 0.717) is 34.5 Å². The van der Waals surface area contributed by atoms with Crippen LogP contribution in [0.4, 0.5) is 17.2 Å². The maximum Gasteiger partial charge on any atom is 0.235 e. The summed E-state index contributed by atoms with van der Waals surface area (Å²) in [5, 5.41) is 8.93. The second-order valence-electron chi connectivity index (χ2n) is 5.20. The molecule has 2 heterocycles. The van der Waals surface area contributed by atoms with Crippen molar-refractivity contribution < 1.29 is 23.6 Å². The van der Waals surface area contributed by atoms with Crippen LogP contribution in [0.5, 0.6) is 11.5 Å². The van der Waals surface area contributed by atoms with Crippen LogP contribution in [0.2, 0.25) is 0 Å². The van der Waals surface area contributed by atoms with E-state index in [1.807, 2.05) is 0 Å². The predicted molar refractivity (Wildman–Crippen MR) is 100 cm³/mol. The Bertz CT molecular complexity index is 813. The van der Waals surface area contributed by atoms with Gasteiger partial charge in [0, 0.05) is 18.2 Å². The highest BCUT2D eigenvalue weighted by Crippen LogP contribution is 2.38. The number of amides is 2. The molecule has 3 rings (SSSR count). The van der Waals surface area contributed by atoms with Crippen molar-refractivity contribution in [3.05, 3.63) is 24.0 Å². The van der Waals surface area contributed by atoms with E-state index >= 15 is 0 Å². The molecule has 2 amide bonds. The molecular formula is C15H17ClN4O5S. The molecule has 0 radical (unpaired) electrons. The molecule has 1 aromatic heterocycles. The van der Waals surface area contributed by atoms with E-state index in [2.05, 4.69) is 15.8 Å². The number of nitrogens with one attached hydrogen (secondary N) is 2. The third-order valence-corrected chi connectivity index (χ3v) is 4.11. The van der Waals surface area contributed by atoms with Crippen molar-refractivity contribution >= 4 is 53.2 Å². The first-order chi connectivity index (χ1) is 12.0. The number of nitrogens with two attached hydrogens (primary N) is 1. The highest BCUT2D eigenvalue weighted by atomic mass is 35.5. The first-order valence-corrected chi connectivity index (χ1v) is 8.46. The Kier molecular flexibility index (Phi) is 6.58. The number of aryl methyl sites for hydroxylation is 1. The first-order valence-electron chi connectivity index (χ1n) is 7.31. The van der Waals surface area contributed by atoms with Gasteiger partial charge < -0.3 is 30.4 Å². The summed E-state index contributed by atoms with van der Waals surface area (Å²) in [6.45, 7) is 1.85. The van der Waals surface area contributed by atoms with E-state index in [9.17, 15) is 9.59 Å². The number of aromatic nitrogens is 1. The van der Waals surface area contributed by atoms with Gasteiger partial charge in [0.15, 0.2) is 17.3 Å². The van der Waals surface area contributed by atoms with Gasteiger partial charge in [-0.05, 0) is 6.92 Å². The van der Waals surface area contributed by atoms with Gasteiger partial charge in [0.1, 0.15) is 5.76 Å². The van der Waals surface area contributed by atoms with Crippen LogP contribution in [0.25, 0.3) is 0 Å². The van der Waals surface area contributed by atoms with Crippen molar-refractivity contribution in [2.75, 3.05) is 34.7 Å². The molecule has 9 nitrogen and oxygen atoms in total. The summed E-state index contributed by atoms with van der Waals surface area (Å²) in [6.07, 6.45) is 0. The molecule has 0 aliphatic carbocycles. The normalized spacial score (nSPS) is 11.6. The molecule has 0 bridgehead atoms. The number of anilines is 3. The second-order valence-corrected chi connectivity index (χ2v) is 6.19. The van der Waals surface area contributed by atoms with Crippen LogP contribution in [-0.2, 0) is 9.59 Å². The number of carbonyl (C=O) groups excluding carboxylic acids is 2. The molecule has 11 heteroatoms. The predicted octanol–water partition coefficient (Wildman–Crippen LogP) is 2.03. The molecule has 140 valence electrons. The van der Waals surface area contributed by atoms with Crippen molar-refractivity contribution in [1.82, 2.24) is 5.16 Å². The summed E-state index contributed by atoms with van der Waals surface area (Å²) in [5.74, 6) is 1.68. The molecule has 1 aliphatic heterocycles. The SMILES string of the molecule is Cc1cc(NC(=O)CSCC(=O)Nc2cc3c(cc2N)OCO3)no1.Cl. The average molecular weight is 401 g/mol. The van der Waals surface area contributed by atoms with Gasteiger partial charge >= 0.3 is 0 Å². The fourth-order valence-corrected chi connectivity index (χ4v) is 2.71. The molecule has 0 saturated heterocycles. The first kappa shape index (κ1) is 19.7. The second kappa shape index (κ2) is 8.68. The van der Waals surface area contributed by atoms with Gasteiger partial charge in [0.05, 0.1) is 22.9 Å². The number of carbonyl (C=O) groups is 2. The molecule has 0 saturated carbocycles. The summed E-state index contributed by atoms with van der Waals surface area (Å²) < 4.78 is 15.3. The molecule has 2 aromatic rings. The lowest BCUT2D eigenvalue weighted by molar-refractivity contribution is -0.114. The molecule has 0 unspecified atom stereocenters. The number of nitrogens with zero attached hydrogens (tertiary/aromatic N) is 1. The minimum Gasteiger partial charge on any atom is -0.454 e. The van der Waals surface area contributed by atoms with Crippen LogP contribution in [0.3, 0.4) is 0 Å². The summed E-state index contributed by atoms with van der Waals surface area (Å²) in [6, 6.07) is 4.82. The van der Waals surface area contributed by atoms with Crippen molar-refractivity contribution in [2.45, 2.75) is 6.92 Å². The van der Waals surface area contributed by atoms with E-state index in [-0.39, 0.29) is 42.5 Å². The fourth-order valence-electron chi connectivity index (χ4n) is 2.09. The zero-order valence-corrected chi connectivity index (χ0v) is 15.4. The van der Waals surface area contributed by atoms with Gasteiger partial charge in [0.2, 0.25) is 18.6 Å². The molecule has 0 spiro atoms. The van der Waals surface area contributed by atoms with E-state index in [1.165, 1.54) is 11.8 Å². The molecule has 4 N–H and O–H groups in total. The fraction of sp³-hybridized carbons (Fsp3) is 0.267. The average Bonchev–Trinajstić information content (AvgIpc) is 3.16. The lowest BCUT2D eigenvalue weighted by Gasteiger charge is -2.09. The zero-order valence-electron chi connectivity index (χ0n) is 13.7. The molecule has 1 aliphatic rings. The van der Waals surface area contributed by atoms with Gasteiger partial charge in [-0.2, -0.15) is 0 Å². The topological polar surface area (TPSA) is 129 Å². The number of benzene rings is 1. The van der Waals surface area contributed by atoms with Crippen LogP contribution < -0.4 is 25.8 Å². The largest absolute Gasteiger partial charge is 0.454 e. The number of ether oxygens (including phenoxy) is 2. The Hall–Kier alpha value is -2.59. The van der Waals surface area contributed by atoms with Crippen LogP contribution in [0, 0.1) is 6.92 Å². The highest BCUT2D eigenvalue weighted by molar-refractivity contribution is 8.00. The van der Waals surface area contributed by atoms with E-state index < -0.39 is 0 Å². The Morgan fingerprint density at radius 1 is 1.15 bits per heavy atom. The number of rotatable bonds is 6. The van der Waals surface area contributed by atoms with Gasteiger partial charge in [0.25, 0.3) is 0 Å². The standard InChI is InChI=1S/C15H16N4O5S.ClH/c1-8-2-13(19-24-8)18-15(21)6-25-5-14(20)17-10-4-12-11(3-9(10)16)22-7-23-12;/h2-4H,5-7,16H2,1H3,(H,17,20)(H,18,19,21);1H.